The monoisotopic (exact) mass is 614 g/mol. The van der Waals surface area contributed by atoms with Crippen molar-refractivity contribution in [3.8, 4) is 28.4 Å². The van der Waals surface area contributed by atoms with E-state index in [0.29, 0.717) is 11.5 Å². The summed E-state index contributed by atoms with van der Waals surface area (Å²) in [5.41, 5.74) is 3.83. The van der Waals surface area contributed by atoms with Crippen LogP contribution >= 0.6 is 0 Å². The molecule has 0 atom stereocenters. The predicted octanol–water partition coefficient (Wildman–Crippen LogP) is 12.1. The van der Waals surface area contributed by atoms with Gasteiger partial charge in [0.1, 0.15) is 17.2 Å². The van der Waals surface area contributed by atoms with Crippen molar-refractivity contribution < 1.29 is 14.9 Å². The van der Waals surface area contributed by atoms with Crippen molar-refractivity contribution in [1.82, 2.24) is 0 Å². The fraction of sp³-hybridized carbons (Fsp3) is 0.395. The van der Waals surface area contributed by atoms with Gasteiger partial charge in [-0.25, -0.2) is 0 Å². The minimum atomic E-state index is 0.186. The van der Waals surface area contributed by atoms with Crippen molar-refractivity contribution in [2.45, 2.75) is 96.3 Å². The average molecular weight is 615 g/mol. The SMILES string of the molecule is CCCCCC1CCC(c2ccc(OCCCCCCc3cc4ccccc4c(-c4c(O)ccc5ccccc45)c3O)cc2)CC1. The van der Waals surface area contributed by atoms with Crippen LogP contribution in [-0.2, 0) is 6.42 Å². The van der Waals surface area contributed by atoms with Gasteiger partial charge in [-0.05, 0) is 114 Å². The molecular weight excluding hydrogens is 564 g/mol. The zero-order valence-electron chi connectivity index (χ0n) is 27.5. The van der Waals surface area contributed by atoms with Crippen LogP contribution in [0.1, 0.15) is 101 Å². The summed E-state index contributed by atoms with van der Waals surface area (Å²) in [6.07, 6.45) is 16.0. The summed E-state index contributed by atoms with van der Waals surface area (Å²) in [6.45, 7) is 3.02. The highest BCUT2D eigenvalue weighted by molar-refractivity contribution is 6.10. The fourth-order valence-corrected chi connectivity index (χ4v) is 7.63. The van der Waals surface area contributed by atoms with Gasteiger partial charge in [0.25, 0.3) is 0 Å². The molecule has 3 heteroatoms. The lowest BCUT2D eigenvalue weighted by Crippen LogP contribution is -2.13. The van der Waals surface area contributed by atoms with E-state index in [-0.39, 0.29) is 11.5 Å². The van der Waals surface area contributed by atoms with E-state index in [0.717, 1.165) is 83.1 Å². The fourth-order valence-electron chi connectivity index (χ4n) is 7.63. The Balaban J connectivity index is 0.995. The molecule has 0 bridgehead atoms. The van der Waals surface area contributed by atoms with Crippen molar-refractivity contribution in [1.29, 1.82) is 0 Å². The van der Waals surface area contributed by atoms with E-state index in [1.807, 2.05) is 48.5 Å². The van der Waals surface area contributed by atoms with Gasteiger partial charge in [-0.15, -0.1) is 0 Å². The molecule has 0 aromatic heterocycles. The lowest BCUT2D eigenvalue weighted by molar-refractivity contribution is 0.299. The second kappa shape index (κ2) is 15.5. The summed E-state index contributed by atoms with van der Waals surface area (Å²) in [5, 5.41) is 26.6. The zero-order valence-corrected chi connectivity index (χ0v) is 27.5. The average Bonchev–Trinajstić information content (AvgIpc) is 3.09. The Morgan fingerprint density at radius 3 is 2.11 bits per heavy atom. The maximum Gasteiger partial charge on any atom is 0.127 e. The number of unbranched alkanes of at least 4 members (excludes halogenated alkanes) is 5. The first kappa shape index (κ1) is 32.0. The number of hydrogen-bond donors (Lipinski definition) is 2. The zero-order chi connectivity index (χ0) is 31.7. The molecule has 0 aliphatic heterocycles. The maximum absolute atomic E-state index is 11.6. The quantitative estimate of drug-likeness (QED) is 0.122. The van der Waals surface area contributed by atoms with E-state index >= 15 is 0 Å². The highest BCUT2D eigenvalue weighted by Crippen LogP contribution is 2.46. The lowest BCUT2D eigenvalue weighted by atomic mass is 9.77. The summed E-state index contributed by atoms with van der Waals surface area (Å²) in [4.78, 5) is 0. The molecular formula is C43H50O3. The lowest BCUT2D eigenvalue weighted by Gasteiger charge is -2.29. The van der Waals surface area contributed by atoms with Crippen molar-refractivity contribution in [3.05, 3.63) is 102 Å². The number of phenolic OH excluding ortho intramolecular Hbond substituents is 2. The van der Waals surface area contributed by atoms with E-state index in [1.165, 1.54) is 56.9 Å². The summed E-state index contributed by atoms with van der Waals surface area (Å²) in [6, 6.07) is 30.9. The van der Waals surface area contributed by atoms with Crippen LogP contribution in [0, 0.1) is 5.92 Å². The number of phenols is 2. The van der Waals surface area contributed by atoms with E-state index in [4.69, 9.17) is 4.74 Å². The molecule has 3 nitrogen and oxygen atoms in total. The van der Waals surface area contributed by atoms with E-state index in [1.54, 1.807) is 6.07 Å². The first-order chi connectivity index (χ1) is 22.6. The predicted molar refractivity (Wildman–Crippen MR) is 193 cm³/mol. The number of rotatable bonds is 14. The van der Waals surface area contributed by atoms with Gasteiger partial charge in [-0.3, -0.25) is 0 Å². The molecule has 0 heterocycles. The molecule has 0 radical (unpaired) electrons. The molecule has 6 rings (SSSR count). The first-order valence-electron chi connectivity index (χ1n) is 17.8. The molecule has 0 spiro atoms. The molecule has 0 unspecified atom stereocenters. The third kappa shape index (κ3) is 7.52. The van der Waals surface area contributed by atoms with Gasteiger partial charge in [0, 0.05) is 11.1 Å². The van der Waals surface area contributed by atoms with Crippen LogP contribution in [0.2, 0.25) is 0 Å². The molecule has 1 saturated carbocycles. The van der Waals surface area contributed by atoms with Gasteiger partial charge in [-0.2, -0.15) is 0 Å². The van der Waals surface area contributed by atoms with E-state index in [2.05, 4.69) is 43.3 Å². The highest BCUT2D eigenvalue weighted by Gasteiger charge is 2.22. The van der Waals surface area contributed by atoms with Gasteiger partial charge in [0.15, 0.2) is 0 Å². The maximum atomic E-state index is 11.6. The Hall–Kier alpha value is -3.98. The molecule has 240 valence electrons. The van der Waals surface area contributed by atoms with Gasteiger partial charge < -0.3 is 14.9 Å². The van der Waals surface area contributed by atoms with Crippen LogP contribution in [0.25, 0.3) is 32.7 Å². The van der Waals surface area contributed by atoms with Crippen LogP contribution in [0.15, 0.2) is 91.0 Å². The number of ether oxygens (including phenoxy) is 1. The largest absolute Gasteiger partial charge is 0.507 e. The topological polar surface area (TPSA) is 49.7 Å². The Labute approximate surface area is 275 Å². The van der Waals surface area contributed by atoms with Gasteiger partial charge in [-0.1, -0.05) is 112 Å². The minimum Gasteiger partial charge on any atom is -0.507 e. The summed E-state index contributed by atoms with van der Waals surface area (Å²) >= 11 is 0. The molecule has 0 amide bonds. The first-order valence-corrected chi connectivity index (χ1v) is 17.8. The summed E-state index contributed by atoms with van der Waals surface area (Å²) in [5.74, 6) is 3.10. The van der Waals surface area contributed by atoms with Crippen LogP contribution in [0.5, 0.6) is 17.2 Å². The molecule has 2 N–H and O–H groups in total. The van der Waals surface area contributed by atoms with Crippen molar-refractivity contribution in [2.75, 3.05) is 6.61 Å². The Morgan fingerprint density at radius 2 is 1.35 bits per heavy atom. The summed E-state index contributed by atoms with van der Waals surface area (Å²) in [7, 11) is 0. The molecule has 1 aliphatic rings. The second-order valence-electron chi connectivity index (χ2n) is 13.5. The minimum absolute atomic E-state index is 0.186. The Kier molecular flexibility index (Phi) is 10.8. The Morgan fingerprint density at radius 1 is 0.652 bits per heavy atom. The smallest absolute Gasteiger partial charge is 0.127 e. The van der Waals surface area contributed by atoms with Crippen LogP contribution in [0.3, 0.4) is 0 Å². The molecule has 5 aromatic rings. The highest BCUT2D eigenvalue weighted by atomic mass is 16.5. The van der Waals surface area contributed by atoms with Gasteiger partial charge in [0.05, 0.1) is 6.61 Å². The number of fused-ring (bicyclic) bond motifs is 2. The molecule has 1 fully saturated rings. The number of aromatic hydroxyl groups is 2. The number of benzene rings is 5. The van der Waals surface area contributed by atoms with Crippen molar-refractivity contribution in [3.63, 3.8) is 0 Å². The molecule has 1 aliphatic carbocycles. The third-order valence-electron chi connectivity index (χ3n) is 10.3. The second-order valence-corrected chi connectivity index (χ2v) is 13.5. The molecule has 46 heavy (non-hydrogen) atoms. The normalized spacial score (nSPS) is 16.6. The van der Waals surface area contributed by atoms with Crippen molar-refractivity contribution in [2.24, 2.45) is 5.92 Å². The van der Waals surface area contributed by atoms with E-state index < -0.39 is 0 Å². The summed E-state index contributed by atoms with van der Waals surface area (Å²) < 4.78 is 6.10. The van der Waals surface area contributed by atoms with E-state index in [9.17, 15) is 10.2 Å². The van der Waals surface area contributed by atoms with Crippen LogP contribution in [0.4, 0.5) is 0 Å². The van der Waals surface area contributed by atoms with Crippen LogP contribution in [-0.4, -0.2) is 16.8 Å². The van der Waals surface area contributed by atoms with Gasteiger partial charge >= 0.3 is 0 Å². The number of aryl methyl sites for hydroxylation is 1. The van der Waals surface area contributed by atoms with Crippen molar-refractivity contribution >= 4 is 21.5 Å². The van der Waals surface area contributed by atoms with Crippen LogP contribution < -0.4 is 4.74 Å². The van der Waals surface area contributed by atoms with Gasteiger partial charge in [0.2, 0.25) is 0 Å². The Bertz CT molecular complexity index is 1710. The standard InChI is InChI=1S/C43H50O3/c1-2-3-6-13-31-19-21-32(22-20-31)33-23-26-37(27-24-33)46-29-12-5-4-7-16-36-30-35-15-9-11-18-39(35)42(43(36)45)41-38-17-10-8-14-34(38)25-28-40(41)44/h8-11,14-15,17-18,23-28,30-32,44-45H,2-7,12-13,16,19-22,29H2,1H3. The molecule has 0 saturated heterocycles. The third-order valence-corrected chi connectivity index (χ3v) is 10.3. The number of hydrogen-bond acceptors (Lipinski definition) is 3. The molecule has 5 aromatic carbocycles.